The van der Waals surface area contributed by atoms with Crippen molar-refractivity contribution in [2.45, 2.75) is 51.0 Å². The maximum Gasteiger partial charge on any atom is 0.166 e. The van der Waals surface area contributed by atoms with Crippen molar-refractivity contribution in [3.05, 3.63) is 41.5 Å². The minimum Gasteiger partial charge on any atom is -0.493 e. The molecule has 0 bridgehead atoms. The van der Waals surface area contributed by atoms with Crippen LogP contribution in [0.4, 0.5) is 0 Å². The summed E-state index contributed by atoms with van der Waals surface area (Å²) < 4.78 is 11.8. The average molecular weight is 347 g/mol. The number of ether oxygens (including phenoxy) is 2. The van der Waals surface area contributed by atoms with Crippen molar-refractivity contribution in [3.63, 3.8) is 0 Å². The summed E-state index contributed by atoms with van der Waals surface area (Å²) in [5, 5.41) is 7.00. The highest BCUT2D eigenvalue weighted by molar-refractivity contribution is 5.69. The molecule has 1 aromatic rings. The summed E-state index contributed by atoms with van der Waals surface area (Å²) in [6.45, 7) is 4.00. The largest absolute Gasteiger partial charge is 0.493 e. The van der Waals surface area contributed by atoms with E-state index in [1.807, 2.05) is 19.9 Å². The van der Waals surface area contributed by atoms with Crippen molar-refractivity contribution in [1.29, 1.82) is 0 Å². The van der Waals surface area contributed by atoms with Gasteiger partial charge in [0.1, 0.15) is 6.10 Å². The summed E-state index contributed by atoms with van der Waals surface area (Å²) in [4.78, 5) is 0. The zero-order valence-corrected chi connectivity index (χ0v) is 16.2. The first kappa shape index (κ1) is 21.3. The van der Waals surface area contributed by atoms with E-state index in [1.165, 1.54) is 18.2 Å². The summed E-state index contributed by atoms with van der Waals surface area (Å²) in [6.07, 6.45) is 14.0. The zero-order chi connectivity index (χ0) is 18.9. The molecular weight excluding hydrogens is 314 g/mol. The predicted molar refractivity (Wildman–Crippen MR) is 105 cm³/mol. The summed E-state index contributed by atoms with van der Waals surface area (Å²) >= 11 is 0. The number of hydrogen-bond donors (Lipinski definition) is 2. The molecule has 25 heavy (non-hydrogen) atoms. The van der Waals surface area contributed by atoms with Gasteiger partial charge in [-0.05, 0) is 44.4 Å². The van der Waals surface area contributed by atoms with Crippen LogP contribution in [0.1, 0.15) is 50.7 Å². The van der Waals surface area contributed by atoms with Gasteiger partial charge < -0.3 is 20.3 Å². The Balaban J connectivity index is 0.000000475. The molecule has 0 saturated heterocycles. The maximum absolute atomic E-state index is 7.00. The van der Waals surface area contributed by atoms with E-state index >= 15 is 0 Å². The number of benzene rings is 1. The quantitative estimate of drug-likeness (QED) is 0.752. The third-order valence-electron chi connectivity index (χ3n) is 4.71. The Morgan fingerprint density at radius 2 is 1.88 bits per heavy atom. The number of allylic oxidation sites excluding steroid dienone is 2. The molecule has 140 valence electrons. The van der Waals surface area contributed by atoms with Crippen LogP contribution in [0.3, 0.4) is 0 Å². The molecule has 0 unspecified atom stereocenters. The van der Waals surface area contributed by atoms with Gasteiger partial charge in [0, 0.05) is 12.7 Å². The highest BCUT2D eigenvalue weighted by atomic mass is 16.5. The predicted octanol–water partition coefficient (Wildman–Crippen LogP) is 4.06. The lowest BCUT2D eigenvalue weighted by atomic mass is 9.69. The van der Waals surface area contributed by atoms with E-state index in [4.69, 9.17) is 14.6 Å². The molecule has 1 aliphatic heterocycles. The molecule has 2 atom stereocenters. The first-order valence-corrected chi connectivity index (χ1v) is 9.10. The fourth-order valence-corrected chi connectivity index (χ4v) is 3.83. The van der Waals surface area contributed by atoms with Gasteiger partial charge in [-0.25, -0.2) is 0 Å². The van der Waals surface area contributed by atoms with Gasteiger partial charge in [-0.2, -0.15) is 0 Å². The minimum absolute atomic E-state index is 0.0704. The SMILES string of the molecule is CC.CN.CO.COc1ccc2c3c1O[C@H]1CCC=C[C@@]31CCC=C2. The van der Waals surface area contributed by atoms with E-state index in [2.05, 4.69) is 36.1 Å². The molecule has 3 N–H and O–H groups in total. The standard InChI is InChI=1S/C17H18O2.C2H6.CH5N.CH4O/c1-18-13-9-8-12-6-2-4-10-17-11-5-3-7-14(17)19-16(13)15(12)17;3*1-2/h2,5-6,8-9,11,14H,3-4,7,10H2,1H3;1-2H3;2H2,1H3;2H,1H3/t14-,17+;;;/m0.../s1. The molecule has 4 rings (SSSR count). The van der Waals surface area contributed by atoms with Crippen molar-refractivity contribution in [2.75, 3.05) is 21.3 Å². The Morgan fingerprint density at radius 1 is 1.16 bits per heavy atom. The third kappa shape index (κ3) is 3.75. The van der Waals surface area contributed by atoms with E-state index < -0.39 is 0 Å². The molecule has 0 fully saturated rings. The Labute approximate surface area is 152 Å². The first-order valence-electron chi connectivity index (χ1n) is 9.10. The zero-order valence-electron chi connectivity index (χ0n) is 16.2. The maximum atomic E-state index is 7.00. The van der Waals surface area contributed by atoms with Crippen LogP contribution in [-0.4, -0.2) is 32.5 Å². The molecule has 1 heterocycles. The fraction of sp³-hybridized carbons (Fsp3) is 0.524. The lowest BCUT2D eigenvalue weighted by Gasteiger charge is -2.34. The second kappa shape index (κ2) is 10.3. The Bertz CT molecular complexity index is 595. The summed E-state index contributed by atoms with van der Waals surface area (Å²) in [7, 11) is 4.22. The van der Waals surface area contributed by atoms with E-state index in [0.29, 0.717) is 0 Å². The number of rotatable bonds is 1. The Kier molecular flexibility index (Phi) is 8.73. The van der Waals surface area contributed by atoms with Crippen molar-refractivity contribution in [2.24, 2.45) is 5.73 Å². The molecule has 0 radical (unpaired) electrons. The van der Waals surface area contributed by atoms with Gasteiger partial charge >= 0.3 is 0 Å². The van der Waals surface area contributed by atoms with E-state index in [9.17, 15) is 0 Å². The van der Waals surface area contributed by atoms with E-state index in [1.54, 1.807) is 7.11 Å². The van der Waals surface area contributed by atoms with Crippen LogP contribution in [0.15, 0.2) is 30.4 Å². The summed E-state index contributed by atoms with van der Waals surface area (Å²) in [6, 6.07) is 4.19. The van der Waals surface area contributed by atoms with Crippen molar-refractivity contribution < 1.29 is 14.6 Å². The van der Waals surface area contributed by atoms with Gasteiger partial charge in [0.15, 0.2) is 11.5 Å². The number of hydrogen-bond acceptors (Lipinski definition) is 4. The Hall–Kier alpha value is -1.78. The smallest absolute Gasteiger partial charge is 0.166 e. The molecule has 2 aliphatic carbocycles. The van der Waals surface area contributed by atoms with Gasteiger partial charge in [-0.15, -0.1) is 0 Å². The molecule has 1 spiro atoms. The van der Waals surface area contributed by atoms with E-state index in [0.717, 1.165) is 44.3 Å². The molecular formula is C21H33NO3. The van der Waals surface area contributed by atoms with Gasteiger partial charge in [-0.1, -0.05) is 44.2 Å². The lowest BCUT2D eigenvalue weighted by Crippen LogP contribution is -2.38. The minimum atomic E-state index is 0.0704. The average Bonchev–Trinajstić information content (AvgIpc) is 2.94. The van der Waals surface area contributed by atoms with Crippen LogP contribution < -0.4 is 15.2 Å². The normalized spacial score (nSPS) is 23.7. The molecule has 3 aliphatic rings. The van der Waals surface area contributed by atoms with Crippen LogP contribution in [0, 0.1) is 0 Å². The van der Waals surface area contributed by atoms with E-state index in [-0.39, 0.29) is 11.5 Å². The number of nitrogens with two attached hydrogens (primary N) is 1. The fourth-order valence-electron chi connectivity index (χ4n) is 3.83. The molecule has 4 heteroatoms. The van der Waals surface area contributed by atoms with Crippen LogP contribution in [-0.2, 0) is 5.41 Å². The van der Waals surface area contributed by atoms with Crippen molar-refractivity contribution in [1.82, 2.24) is 0 Å². The molecule has 4 nitrogen and oxygen atoms in total. The summed E-state index contributed by atoms with van der Waals surface area (Å²) in [5.41, 5.74) is 7.21. The Morgan fingerprint density at radius 3 is 2.56 bits per heavy atom. The third-order valence-corrected chi connectivity index (χ3v) is 4.71. The molecule has 1 aromatic carbocycles. The summed E-state index contributed by atoms with van der Waals surface area (Å²) in [5.74, 6) is 1.85. The molecule has 0 saturated carbocycles. The van der Waals surface area contributed by atoms with Crippen LogP contribution in [0.2, 0.25) is 0 Å². The lowest BCUT2D eigenvalue weighted by molar-refractivity contribution is 0.147. The number of aliphatic hydroxyl groups excluding tert-OH is 1. The molecule has 0 aromatic heterocycles. The number of aliphatic hydroxyl groups is 1. The van der Waals surface area contributed by atoms with Gasteiger partial charge in [0.05, 0.1) is 12.5 Å². The van der Waals surface area contributed by atoms with Crippen LogP contribution in [0.5, 0.6) is 11.5 Å². The van der Waals surface area contributed by atoms with Gasteiger partial charge in [0.2, 0.25) is 0 Å². The molecule has 0 amide bonds. The van der Waals surface area contributed by atoms with Crippen molar-refractivity contribution in [3.8, 4) is 11.5 Å². The monoisotopic (exact) mass is 347 g/mol. The van der Waals surface area contributed by atoms with Gasteiger partial charge in [0.25, 0.3) is 0 Å². The van der Waals surface area contributed by atoms with Crippen molar-refractivity contribution >= 4 is 6.08 Å². The second-order valence-electron chi connectivity index (χ2n) is 5.63. The highest BCUT2D eigenvalue weighted by Crippen LogP contribution is 2.55. The highest BCUT2D eigenvalue weighted by Gasteiger charge is 2.50. The topological polar surface area (TPSA) is 64.7 Å². The van der Waals surface area contributed by atoms with Crippen LogP contribution >= 0.6 is 0 Å². The van der Waals surface area contributed by atoms with Gasteiger partial charge in [-0.3, -0.25) is 0 Å². The number of methoxy groups -OCH3 is 1. The van der Waals surface area contributed by atoms with Crippen LogP contribution in [0.25, 0.3) is 6.08 Å². The second-order valence-corrected chi connectivity index (χ2v) is 5.63. The first-order chi connectivity index (χ1) is 12.3.